The molecule has 2 heterocycles. The molecule has 0 aliphatic heterocycles. The molecule has 0 saturated carbocycles. The first-order valence-electron chi connectivity index (χ1n) is 5.82. The third-order valence-corrected chi connectivity index (χ3v) is 3.15. The van der Waals surface area contributed by atoms with Crippen molar-refractivity contribution in [1.82, 2.24) is 15.2 Å². The molecule has 2 rings (SSSR count). The van der Waals surface area contributed by atoms with Crippen molar-refractivity contribution in [2.75, 3.05) is 23.8 Å². The van der Waals surface area contributed by atoms with Gasteiger partial charge in [-0.3, -0.25) is 10.1 Å². The van der Waals surface area contributed by atoms with E-state index in [0.717, 1.165) is 0 Å². The van der Waals surface area contributed by atoms with Crippen LogP contribution < -0.4 is 10.2 Å². The van der Waals surface area contributed by atoms with Gasteiger partial charge >= 0.3 is 0 Å². The van der Waals surface area contributed by atoms with Crippen molar-refractivity contribution in [1.29, 1.82) is 5.26 Å². The van der Waals surface area contributed by atoms with E-state index in [2.05, 4.69) is 26.6 Å². The van der Waals surface area contributed by atoms with Crippen LogP contribution in [0.5, 0.6) is 0 Å². The fraction of sp³-hybridized carbons (Fsp3) is 0.250. The van der Waals surface area contributed by atoms with Gasteiger partial charge in [0.1, 0.15) is 11.3 Å². The zero-order valence-corrected chi connectivity index (χ0v) is 11.6. The van der Waals surface area contributed by atoms with Gasteiger partial charge in [0.25, 0.3) is 5.91 Å². The van der Waals surface area contributed by atoms with Gasteiger partial charge < -0.3 is 4.90 Å². The second kappa shape index (κ2) is 6.58. The lowest BCUT2D eigenvalue weighted by molar-refractivity contribution is 0.102. The van der Waals surface area contributed by atoms with Crippen LogP contribution in [-0.2, 0) is 0 Å². The van der Waals surface area contributed by atoms with Gasteiger partial charge in [-0.1, -0.05) is 11.3 Å². The van der Waals surface area contributed by atoms with Crippen molar-refractivity contribution in [3.63, 3.8) is 0 Å². The SMILES string of the molecule is CN(CCC#N)c1ccc(C(=O)Nc2nncs2)cn1. The Hall–Kier alpha value is -2.53. The van der Waals surface area contributed by atoms with E-state index in [1.807, 2.05) is 11.9 Å². The smallest absolute Gasteiger partial charge is 0.259 e. The van der Waals surface area contributed by atoms with Crippen molar-refractivity contribution in [3.05, 3.63) is 29.4 Å². The molecule has 0 atom stereocenters. The average Bonchev–Trinajstić information content (AvgIpc) is 2.97. The number of carbonyl (C=O) groups excluding carboxylic acids is 1. The molecule has 0 aliphatic rings. The van der Waals surface area contributed by atoms with E-state index in [1.165, 1.54) is 17.5 Å². The predicted molar refractivity (Wildman–Crippen MR) is 75.6 cm³/mol. The Labute approximate surface area is 119 Å². The molecule has 0 aromatic carbocycles. The number of hydrogen-bond donors (Lipinski definition) is 1. The van der Waals surface area contributed by atoms with Gasteiger partial charge in [-0.05, 0) is 12.1 Å². The maximum absolute atomic E-state index is 11.9. The Morgan fingerprint density at radius 3 is 3.00 bits per heavy atom. The summed E-state index contributed by atoms with van der Waals surface area (Å²) in [7, 11) is 1.85. The maximum atomic E-state index is 11.9. The largest absolute Gasteiger partial charge is 0.359 e. The Morgan fingerprint density at radius 1 is 1.55 bits per heavy atom. The third-order valence-electron chi connectivity index (χ3n) is 2.54. The second-order valence-corrected chi connectivity index (χ2v) is 4.77. The van der Waals surface area contributed by atoms with Crippen LogP contribution in [0.25, 0.3) is 0 Å². The summed E-state index contributed by atoms with van der Waals surface area (Å²) in [4.78, 5) is 18.0. The van der Waals surface area contributed by atoms with E-state index >= 15 is 0 Å². The van der Waals surface area contributed by atoms with E-state index in [0.29, 0.717) is 29.5 Å². The van der Waals surface area contributed by atoms with Gasteiger partial charge in [0.2, 0.25) is 5.13 Å². The van der Waals surface area contributed by atoms with Crippen molar-refractivity contribution in [3.8, 4) is 6.07 Å². The highest BCUT2D eigenvalue weighted by Gasteiger charge is 2.09. The molecule has 2 aromatic heterocycles. The van der Waals surface area contributed by atoms with Gasteiger partial charge in [0.05, 0.1) is 18.1 Å². The van der Waals surface area contributed by atoms with Crippen molar-refractivity contribution < 1.29 is 4.79 Å². The van der Waals surface area contributed by atoms with Gasteiger partial charge in [0.15, 0.2) is 0 Å². The van der Waals surface area contributed by atoms with E-state index in [1.54, 1.807) is 17.6 Å². The second-order valence-electron chi connectivity index (χ2n) is 3.93. The van der Waals surface area contributed by atoms with Gasteiger partial charge in [-0.25, -0.2) is 4.98 Å². The minimum atomic E-state index is -0.277. The minimum absolute atomic E-state index is 0.277. The van der Waals surface area contributed by atoms with Crippen LogP contribution in [0.2, 0.25) is 0 Å². The Kier molecular flexibility index (Phi) is 4.57. The quantitative estimate of drug-likeness (QED) is 0.896. The van der Waals surface area contributed by atoms with E-state index in [9.17, 15) is 4.79 Å². The molecular formula is C12H12N6OS. The molecule has 1 amide bonds. The zero-order chi connectivity index (χ0) is 14.4. The highest BCUT2D eigenvalue weighted by Crippen LogP contribution is 2.13. The molecule has 0 fully saturated rings. The summed E-state index contributed by atoms with van der Waals surface area (Å²) >= 11 is 1.25. The molecule has 0 aliphatic carbocycles. The first-order valence-corrected chi connectivity index (χ1v) is 6.70. The van der Waals surface area contributed by atoms with Gasteiger partial charge in [-0.15, -0.1) is 10.2 Å². The highest BCUT2D eigenvalue weighted by molar-refractivity contribution is 7.13. The molecule has 0 radical (unpaired) electrons. The summed E-state index contributed by atoms with van der Waals surface area (Å²) in [6, 6.07) is 5.50. The third kappa shape index (κ3) is 3.49. The summed E-state index contributed by atoms with van der Waals surface area (Å²) < 4.78 is 0. The molecular weight excluding hydrogens is 276 g/mol. The number of pyridine rings is 1. The standard InChI is InChI=1S/C12H12N6OS/c1-18(6-2-5-13)10-4-3-9(7-14-10)11(19)16-12-17-15-8-20-12/h3-4,7-8H,2,6H2,1H3,(H,16,17,19). The van der Waals surface area contributed by atoms with Crippen LogP contribution in [0, 0.1) is 11.3 Å². The number of nitrogens with one attached hydrogen (secondary N) is 1. The summed E-state index contributed by atoms with van der Waals surface area (Å²) in [6.45, 7) is 0.597. The zero-order valence-electron chi connectivity index (χ0n) is 10.8. The van der Waals surface area contributed by atoms with Gasteiger partial charge in [0, 0.05) is 19.8 Å². The van der Waals surface area contributed by atoms with Gasteiger partial charge in [-0.2, -0.15) is 5.26 Å². The lowest BCUT2D eigenvalue weighted by Gasteiger charge is -2.16. The fourth-order valence-electron chi connectivity index (χ4n) is 1.48. The maximum Gasteiger partial charge on any atom is 0.259 e. The molecule has 2 aromatic rings. The summed E-state index contributed by atoms with van der Waals surface area (Å²) in [5, 5.41) is 19.0. The van der Waals surface area contributed by atoms with Crippen molar-refractivity contribution >= 4 is 28.2 Å². The first kappa shape index (κ1) is 13.9. The van der Waals surface area contributed by atoms with Crippen molar-refractivity contribution in [2.24, 2.45) is 0 Å². The molecule has 1 N–H and O–H groups in total. The normalized spacial score (nSPS) is 9.80. The molecule has 0 unspecified atom stereocenters. The van der Waals surface area contributed by atoms with Crippen LogP contribution in [-0.4, -0.2) is 34.7 Å². The Morgan fingerprint density at radius 2 is 2.40 bits per heavy atom. The Bertz CT molecular complexity index is 604. The van der Waals surface area contributed by atoms with E-state index in [-0.39, 0.29) is 5.91 Å². The fourth-order valence-corrected chi connectivity index (χ4v) is 1.92. The number of hydrogen-bond acceptors (Lipinski definition) is 7. The number of rotatable bonds is 5. The molecule has 102 valence electrons. The molecule has 7 nitrogen and oxygen atoms in total. The summed E-state index contributed by atoms with van der Waals surface area (Å²) in [5.41, 5.74) is 1.99. The Balaban J connectivity index is 2.00. The molecule has 8 heteroatoms. The first-order chi connectivity index (χ1) is 9.70. The topological polar surface area (TPSA) is 94.8 Å². The van der Waals surface area contributed by atoms with Crippen molar-refractivity contribution in [2.45, 2.75) is 6.42 Å². The highest BCUT2D eigenvalue weighted by atomic mass is 32.1. The van der Waals surface area contributed by atoms with Crippen LogP contribution >= 0.6 is 11.3 Å². The van der Waals surface area contributed by atoms with Crippen LogP contribution in [0.3, 0.4) is 0 Å². The number of aromatic nitrogens is 3. The minimum Gasteiger partial charge on any atom is -0.359 e. The number of nitrogens with zero attached hydrogens (tertiary/aromatic N) is 5. The molecule has 0 saturated heterocycles. The average molecular weight is 288 g/mol. The lowest BCUT2D eigenvalue weighted by Crippen LogP contribution is -2.20. The predicted octanol–water partition coefficient (Wildman–Crippen LogP) is 1.54. The molecule has 0 spiro atoms. The number of anilines is 2. The van der Waals surface area contributed by atoms with Crippen LogP contribution in [0.4, 0.5) is 10.9 Å². The number of amides is 1. The summed E-state index contributed by atoms with van der Waals surface area (Å²) in [5.74, 6) is 0.438. The monoisotopic (exact) mass is 288 g/mol. The van der Waals surface area contributed by atoms with E-state index in [4.69, 9.17) is 5.26 Å². The number of carbonyl (C=O) groups is 1. The van der Waals surface area contributed by atoms with E-state index < -0.39 is 0 Å². The van der Waals surface area contributed by atoms with Crippen LogP contribution in [0.1, 0.15) is 16.8 Å². The molecule has 0 bridgehead atoms. The lowest BCUT2D eigenvalue weighted by atomic mass is 10.2. The number of nitriles is 1. The summed E-state index contributed by atoms with van der Waals surface area (Å²) in [6.07, 6.45) is 1.92. The van der Waals surface area contributed by atoms with Crippen LogP contribution in [0.15, 0.2) is 23.8 Å². The molecule has 20 heavy (non-hydrogen) atoms.